The summed E-state index contributed by atoms with van der Waals surface area (Å²) in [5.74, 6) is -3.88. The Bertz CT molecular complexity index is 818. The number of nitriles is 1. The van der Waals surface area contributed by atoms with Gasteiger partial charge >= 0.3 is 5.97 Å². The van der Waals surface area contributed by atoms with Crippen LogP contribution in [-0.4, -0.2) is 54.4 Å². The molecule has 8 nitrogen and oxygen atoms in total. The highest BCUT2D eigenvalue weighted by Crippen LogP contribution is 2.50. The van der Waals surface area contributed by atoms with Gasteiger partial charge in [-0.25, -0.2) is 4.79 Å². The molecule has 3 aliphatic heterocycles. The fourth-order valence-corrected chi connectivity index (χ4v) is 4.19. The Labute approximate surface area is 169 Å². The maximum absolute atomic E-state index is 12.7. The van der Waals surface area contributed by atoms with Gasteiger partial charge in [-0.1, -0.05) is 18.2 Å². The summed E-state index contributed by atoms with van der Waals surface area (Å²) in [6.45, 7) is 7.28. The molecule has 3 saturated heterocycles. The molecule has 1 aromatic rings. The Morgan fingerprint density at radius 3 is 2.59 bits per heavy atom. The molecule has 3 aliphatic rings. The van der Waals surface area contributed by atoms with Gasteiger partial charge < -0.3 is 28.4 Å². The van der Waals surface area contributed by atoms with Crippen molar-refractivity contribution in [2.24, 2.45) is 0 Å². The Morgan fingerprint density at radius 1 is 1.17 bits per heavy atom. The molecule has 0 unspecified atom stereocenters. The van der Waals surface area contributed by atoms with Crippen molar-refractivity contribution in [1.82, 2.24) is 0 Å². The minimum atomic E-state index is -1.48. The fraction of sp³-hybridized carbons (Fsp3) is 0.619. The van der Waals surface area contributed by atoms with Gasteiger partial charge in [-0.05, 0) is 39.8 Å². The molecule has 3 fully saturated rings. The van der Waals surface area contributed by atoms with Crippen LogP contribution >= 0.6 is 0 Å². The maximum Gasteiger partial charge on any atom is 0.338 e. The molecule has 29 heavy (non-hydrogen) atoms. The molecule has 1 aromatic carbocycles. The fourth-order valence-electron chi connectivity index (χ4n) is 4.19. The molecular formula is C21H25NO7. The van der Waals surface area contributed by atoms with Gasteiger partial charge in [0.2, 0.25) is 5.79 Å². The van der Waals surface area contributed by atoms with Crippen LogP contribution in [0.1, 0.15) is 44.5 Å². The molecule has 0 amide bonds. The molecule has 0 saturated carbocycles. The third-order valence-electron chi connectivity index (χ3n) is 5.19. The van der Waals surface area contributed by atoms with Gasteiger partial charge in [0.25, 0.3) is 0 Å². The van der Waals surface area contributed by atoms with E-state index in [1.807, 2.05) is 13.8 Å². The number of nitrogens with zero attached hydrogens (tertiary/aromatic N) is 1. The second-order valence-electron chi connectivity index (χ2n) is 8.33. The molecule has 156 valence electrons. The van der Waals surface area contributed by atoms with Gasteiger partial charge in [-0.15, -0.1) is 0 Å². The maximum atomic E-state index is 12.7. The first-order valence-corrected chi connectivity index (χ1v) is 9.66. The lowest BCUT2D eigenvalue weighted by molar-refractivity contribution is -0.316. The Morgan fingerprint density at radius 2 is 1.90 bits per heavy atom. The molecule has 0 radical (unpaired) electrons. The summed E-state index contributed by atoms with van der Waals surface area (Å²) < 4.78 is 36.1. The van der Waals surface area contributed by atoms with E-state index in [0.717, 1.165) is 0 Å². The summed E-state index contributed by atoms with van der Waals surface area (Å²) >= 11 is 0. The topological polar surface area (TPSA) is 96.2 Å². The van der Waals surface area contributed by atoms with Crippen LogP contribution in [0.15, 0.2) is 30.3 Å². The highest BCUT2D eigenvalue weighted by molar-refractivity contribution is 5.89. The first-order chi connectivity index (χ1) is 13.7. The third-order valence-corrected chi connectivity index (χ3v) is 5.19. The van der Waals surface area contributed by atoms with Crippen LogP contribution < -0.4 is 0 Å². The van der Waals surface area contributed by atoms with E-state index in [1.54, 1.807) is 44.2 Å². The lowest BCUT2D eigenvalue weighted by Gasteiger charge is -2.43. The smallest absolute Gasteiger partial charge is 0.338 e. The minimum absolute atomic E-state index is 0.129. The molecule has 0 N–H and O–H groups in total. The number of hydrogen-bond acceptors (Lipinski definition) is 8. The van der Waals surface area contributed by atoms with Gasteiger partial charge in [-0.3, -0.25) is 0 Å². The van der Waals surface area contributed by atoms with E-state index in [9.17, 15) is 10.1 Å². The summed E-state index contributed by atoms with van der Waals surface area (Å²) in [4.78, 5) is 12.7. The van der Waals surface area contributed by atoms with Gasteiger partial charge in [0.1, 0.15) is 18.3 Å². The van der Waals surface area contributed by atoms with Crippen molar-refractivity contribution in [3.8, 4) is 6.07 Å². The van der Waals surface area contributed by atoms with Crippen LogP contribution in [0.2, 0.25) is 0 Å². The highest BCUT2D eigenvalue weighted by atomic mass is 16.9. The van der Waals surface area contributed by atoms with E-state index < -0.39 is 41.6 Å². The third kappa shape index (κ3) is 3.65. The number of rotatable bonds is 4. The van der Waals surface area contributed by atoms with Gasteiger partial charge in [0.05, 0.1) is 24.7 Å². The molecule has 0 aliphatic carbocycles. The summed E-state index contributed by atoms with van der Waals surface area (Å²) in [5.41, 5.74) is 0.372. The number of carbonyl (C=O) groups is 1. The molecule has 4 rings (SSSR count). The Kier molecular flexibility index (Phi) is 4.92. The molecule has 0 bridgehead atoms. The SMILES string of the molecule is CC1(C)O[C@@H]2[C@@H](CO[C@@]3([C@@H](CC#N)OC(=O)c4ccccc4)OC(C)(C)O[C@@H]23)O1. The predicted molar refractivity (Wildman–Crippen MR) is 98.4 cm³/mol. The number of ether oxygens (including phenoxy) is 6. The van der Waals surface area contributed by atoms with Crippen molar-refractivity contribution in [2.75, 3.05) is 6.61 Å². The molecule has 5 atom stereocenters. The van der Waals surface area contributed by atoms with E-state index in [-0.39, 0.29) is 19.1 Å². The monoisotopic (exact) mass is 403 g/mol. The normalized spacial score (nSPS) is 35.2. The number of benzene rings is 1. The van der Waals surface area contributed by atoms with Gasteiger partial charge in [0.15, 0.2) is 17.7 Å². The summed E-state index contributed by atoms with van der Waals surface area (Å²) in [7, 11) is 0. The average molecular weight is 403 g/mol. The zero-order valence-corrected chi connectivity index (χ0v) is 16.9. The first-order valence-electron chi connectivity index (χ1n) is 9.66. The molecular weight excluding hydrogens is 378 g/mol. The minimum Gasteiger partial charge on any atom is -0.452 e. The van der Waals surface area contributed by atoms with Crippen LogP contribution in [0.4, 0.5) is 0 Å². The quantitative estimate of drug-likeness (QED) is 0.708. The number of hydrogen-bond donors (Lipinski definition) is 0. The lowest BCUT2D eigenvalue weighted by Crippen LogP contribution is -2.64. The van der Waals surface area contributed by atoms with Gasteiger partial charge in [0, 0.05) is 0 Å². The zero-order chi connectivity index (χ0) is 20.9. The van der Waals surface area contributed by atoms with E-state index in [4.69, 9.17) is 28.4 Å². The van der Waals surface area contributed by atoms with Crippen molar-refractivity contribution >= 4 is 5.97 Å². The van der Waals surface area contributed by atoms with Crippen LogP contribution in [0.3, 0.4) is 0 Å². The second kappa shape index (κ2) is 7.04. The molecule has 3 heterocycles. The molecule has 0 spiro atoms. The van der Waals surface area contributed by atoms with E-state index in [1.165, 1.54) is 0 Å². The van der Waals surface area contributed by atoms with Crippen LogP contribution in [0, 0.1) is 11.3 Å². The van der Waals surface area contributed by atoms with Crippen molar-refractivity contribution in [1.29, 1.82) is 5.26 Å². The summed E-state index contributed by atoms with van der Waals surface area (Å²) in [6, 6.07) is 10.6. The first kappa shape index (κ1) is 20.3. The molecule has 8 heteroatoms. The predicted octanol–water partition coefficient (Wildman–Crippen LogP) is 2.52. The van der Waals surface area contributed by atoms with Crippen molar-refractivity contribution < 1.29 is 33.2 Å². The van der Waals surface area contributed by atoms with Gasteiger partial charge in [-0.2, -0.15) is 5.26 Å². The number of carbonyl (C=O) groups excluding carboxylic acids is 1. The van der Waals surface area contributed by atoms with E-state index >= 15 is 0 Å². The lowest BCUT2D eigenvalue weighted by atomic mass is 9.91. The summed E-state index contributed by atoms with van der Waals surface area (Å²) in [5, 5.41) is 9.42. The Balaban J connectivity index is 1.66. The average Bonchev–Trinajstić information content (AvgIpc) is 3.13. The van der Waals surface area contributed by atoms with Crippen LogP contribution in [0.5, 0.6) is 0 Å². The number of fused-ring (bicyclic) bond motifs is 3. The summed E-state index contributed by atoms with van der Waals surface area (Å²) in [6.07, 6.45) is -2.72. The van der Waals surface area contributed by atoms with Crippen molar-refractivity contribution in [3.63, 3.8) is 0 Å². The van der Waals surface area contributed by atoms with Crippen molar-refractivity contribution in [3.05, 3.63) is 35.9 Å². The van der Waals surface area contributed by atoms with Crippen LogP contribution in [-0.2, 0) is 28.4 Å². The zero-order valence-electron chi connectivity index (χ0n) is 16.9. The molecule has 0 aromatic heterocycles. The standard InChI is InChI=1S/C21H25NO7/c1-19(2)26-14-12-24-21(17(16(14)27-19)28-20(3,4)29-21)15(10-11-22)25-18(23)13-8-6-5-7-9-13/h5-9,14-17H,10,12H2,1-4H3/t14-,15-,16-,17+,21+/m1/s1. The van der Waals surface area contributed by atoms with E-state index in [2.05, 4.69) is 6.07 Å². The second-order valence-corrected chi connectivity index (χ2v) is 8.33. The van der Waals surface area contributed by atoms with E-state index in [0.29, 0.717) is 5.56 Å². The number of esters is 1. The highest BCUT2D eigenvalue weighted by Gasteiger charge is 2.69. The Hall–Kier alpha value is -2.02. The van der Waals surface area contributed by atoms with Crippen LogP contribution in [0.25, 0.3) is 0 Å². The largest absolute Gasteiger partial charge is 0.452 e. The van der Waals surface area contributed by atoms with Crippen molar-refractivity contribution in [2.45, 2.75) is 75.9 Å².